The van der Waals surface area contributed by atoms with Gasteiger partial charge in [0, 0.05) is 25.3 Å². The first-order valence-corrected chi connectivity index (χ1v) is 9.58. The molecule has 1 atom stereocenters. The van der Waals surface area contributed by atoms with E-state index in [1.54, 1.807) is 0 Å². The maximum Gasteiger partial charge on any atom is 0.231 e. The van der Waals surface area contributed by atoms with E-state index in [0.29, 0.717) is 0 Å². The van der Waals surface area contributed by atoms with Gasteiger partial charge in [0.1, 0.15) is 0 Å². The first-order chi connectivity index (χ1) is 12.6. The summed E-state index contributed by atoms with van der Waals surface area (Å²) in [6.45, 7) is 6.55. The maximum absolute atomic E-state index is 13.3. The molecule has 2 aromatic rings. The number of nitrogens with zero attached hydrogens (tertiary/aromatic N) is 4. The summed E-state index contributed by atoms with van der Waals surface area (Å²) in [5.74, 6) is 1.17. The van der Waals surface area contributed by atoms with E-state index in [9.17, 15) is 4.79 Å². The third kappa shape index (κ3) is 3.30. The van der Waals surface area contributed by atoms with Crippen molar-refractivity contribution in [3.05, 3.63) is 47.2 Å². The number of hydrogen-bond acceptors (Lipinski definition) is 4. The molecule has 1 aromatic carbocycles. The summed E-state index contributed by atoms with van der Waals surface area (Å²) in [6, 6.07) is 10.4. The first kappa shape index (κ1) is 17.0. The van der Waals surface area contributed by atoms with Gasteiger partial charge in [0.2, 0.25) is 5.91 Å². The second-order valence-corrected chi connectivity index (χ2v) is 7.54. The van der Waals surface area contributed by atoms with Crippen LogP contribution in [0.25, 0.3) is 0 Å². The van der Waals surface area contributed by atoms with Gasteiger partial charge in [0.25, 0.3) is 0 Å². The van der Waals surface area contributed by atoms with Gasteiger partial charge < -0.3 is 9.80 Å². The molecule has 4 rings (SSSR count). The van der Waals surface area contributed by atoms with Crippen molar-refractivity contribution < 1.29 is 4.79 Å². The highest BCUT2D eigenvalue weighted by Gasteiger charge is 2.32. The number of fused-ring (bicyclic) bond motifs is 1. The Morgan fingerprint density at radius 3 is 2.77 bits per heavy atom. The first-order valence-electron chi connectivity index (χ1n) is 9.58. The van der Waals surface area contributed by atoms with Crippen molar-refractivity contribution >= 4 is 17.4 Å². The van der Waals surface area contributed by atoms with Crippen LogP contribution in [0.3, 0.4) is 0 Å². The fraction of sp³-hybridized carbons (Fsp3) is 0.476. The molecular weight excluding hydrogens is 324 g/mol. The van der Waals surface area contributed by atoms with Gasteiger partial charge in [-0.15, -0.1) is 5.10 Å². The predicted molar refractivity (Wildman–Crippen MR) is 104 cm³/mol. The highest BCUT2D eigenvalue weighted by molar-refractivity contribution is 5.96. The van der Waals surface area contributed by atoms with E-state index in [2.05, 4.69) is 40.2 Å². The summed E-state index contributed by atoms with van der Waals surface area (Å²) in [7, 11) is 0. The van der Waals surface area contributed by atoms with E-state index in [1.807, 2.05) is 24.0 Å². The van der Waals surface area contributed by atoms with Crippen LogP contribution in [0.1, 0.15) is 36.1 Å². The number of aryl methyl sites for hydroxylation is 3. The van der Waals surface area contributed by atoms with Crippen LogP contribution in [0.2, 0.25) is 0 Å². The largest absolute Gasteiger partial charge is 0.354 e. The minimum absolute atomic E-state index is 0.0270. The zero-order valence-electron chi connectivity index (χ0n) is 15.6. The number of carbonyl (C=O) groups excluding carboxylic acids is 1. The molecule has 0 aliphatic carbocycles. The molecule has 136 valence electrons. The Bertz CT molecular complexity index is 802. The highest BCUT2D eigenvalue weighted by atomic mass is 16.2. The van der Waals surface area contributed by atoms with Crippen molar-refractivity contribution in [3.63, 3.8) is 0 Å². The van der Waals surface area contributed by atoms with E-state index >= 15 is 0 Å². The molecule has 1 unspecified atom stereocenters. The van der Waals surface area contributed by atoms with E-state index in [1.165, 1.54) is 11.1 Å². The SMILES string of the molecule is Cc1ccc2c(c1)CCCN2C(=O)C1CCCN(c2ccc(C)nn2)C1. The molecule has 1 amide bonds. The van der Waals surface area contributed by atoms with Crippen molar-refractivity contribution in [2.45, 2.75) is 39.5 Å². The average molecular weight is 350 g/mol. The smallest absolute Gasteiger partial charge is 0.231 e. The molecule has 0 spiro atoms. The van der Waals surface area contributed by atoms with Crippen LogP contribution in [0.4, 0.5) is 11.5 Å². The lowest BCUT2D eigenvalue weighted by atomic mass is 9.93. The summed E-state index contributed by atoms with van der Waals surface area (Å²) in [5, 5.41) is 8.47. The van der Waals surface area contributed by atoms with Gasteiger partial charge in [-0.1, -0.05) is 17.7 Å². The zero-order chi connectivity index (χ0) is 18.1. The van der Waals surface area contributed by atoms with Crippen LogP contribution in [0.15, 0.2) is 30.3 Å². The topological polar surface area (TPSA) is 49.3 Å². The third-order valence-electron chi connectivity index (χ3n) is 5.50. The minimum atomic E-state index is 0.0270. The van der Waals surface area contributed by atoms with Crippen LogP contribution >= 0.6 is 0 Å². The van der Waals surface area contributed by atoms with Crippen LogP contribution in [0.5, 0.6) is 0 Å². The number of hydrogen-bond donors (Lipinski definition) is 0. The molecule has 2 aliphatic heterocycles. The monoisotopic (exact) mass is 350 g/mol. The molecule has 1 saturated heterocycles. The quantitative estimate of drug-likeness (QED) is 0.834. The lowest BCUT2D eigenvalue weighted by Crippen LogP contribution is -2.46. The molecule has 3 heterocycles. The molecule has 26 heavy (non-hydrogen) atoms. The summed E-state index contributed by atoms with van der Waals surface area (Å²) in [6.07, 6.45) is 4.07. The summed E-state index contributed by atoms with van der Waals surface area (Å²) < 4.78 is 0. The normalized spacial score (nSPS) is 20.0. The predicted octanol–water partition coefficient (Wildman–Crippen LogP) is 3.29. The van der Waals surface area contributed by atoms with Crippen LogP contribution in [0, 0.1) is 19.8 Å². The van der Waals surface area contributed by atoms with Gasteiger partial charge in [-0.3, -0.25) is 4.79 Å². The number of aromatic nitrogens is 2. The molecule has 1 fully saturated rings. The number of amides is 1. The Morgan fingerprint density at radius 1 is 1.08 bits per heavy atom. The molecule has 0 bridgehead atoms. The van der Waals surface area contributed by atoms with E-state index in [4.69, 9.17) is 0 Å². The fourth-order valence-corrected chi connectivity index (χ4v) is 4.12. The number of piperidine rings is 1. The Balaban J connectivity index is 1.52. The molecule has 0 radical (unpaired) electrons. The second-order valence-electron chi connectivity index (χ2n) is 7.54. The number of carbonyl (C=O) groups is 1. The Labute approximate surface area is 155 Å². The van der Waals surface area contributed by atoms with Crippen molar-refractivity contribution in [2.24, 2.45) is 5.92 Å². The van der Waals surface area contributed by atoms with Gasteiger partial charge in [-0.2, -0.15) is 5.10 Å². The van der Waals surface area contributed by atoms with Gasteiger partial charge >= 0.3 is 0 Å². The Kier molecular flexibility index (Phi) is 4.62. The molecule has 5 heteroatoms. The second kappa shape index (κ2) is 7.06. The lowest BCUT2D eigenvalue weighted by Gasteiger charge is -2.37. The van der Waals surface area contributed by atoms with Crippen molar-refractivity contribution in [1.82, 2.24) is 10.2 Å². The third-order valence-corrected chi connectivity index (χ3v) is 5.50. The average Bonchev–Trinajstić information content (AvgIpc) is 2.67. The number of anilines is 2. The molecule has 5 nitrogen and oxygen atoms in total. The summed E-state index contributed by atoms with van der Waals surface area (Å²) in [4.78, 5) is 17.5. The highest BCUT2D eigenvalue weighted by Crippen LogP contribution is 2.31. The van der Waals surface area contributed by atoms with E-state index in [-0.39, 0.29) is 11.8 Å². The number of benzene rings is 1. The molecule has 2 aliphatic rings. The van der Waals surface area contributed by atoms with E-state index < -0.39 is 0 Å². The maximum atomic E-state index is 13.3. The number of rotatable bonds is 2. The zero-order valence-corrected chi connectivity index (χ0v) is 15.6. The Hall–Kier alpha value is -2.43. The molecule has 0 saturated carbocycles. The molecule has 1 aromatic heterocycles. The molecule has 0 N–H and O–H groups in total. The standard InChI is InChI=1S/C21H26N4O/c1-15-7-9-19-17(13-15)5-4-12-25(19)21(26)18-6-3-11-24(14-18)20-10-8-16(2)22-23-20/h7-10,13,18H,3-6,11-12,14H2,1-2H3. The summed E-state index contributed by atoms with van der Waals surface area (Å²) in [5.41, 5.74) is 4.60. The minimum Gasteiger partial charge on any atom is -0.354 e. The van der Waals surface area contributed by atoms with Gasteiger partial charge in [0.05, 0.1) is 11.6 Å². The van der Waals surface area contributed by atoms with Gasteiger partial charge in [0.15, 0.2) is 5.82 Å². The van der Waals surface area contributed by atoms with Crippen LogP contribution in [-0.4, -0.2) is 35.7 Å². The summed E-state index contributed by atoms with van der Waals surface area (Å²) >= 11 is 0. The van der Waals surface area contributed by atoms with Crippen LogP contribution < -0.4 is 9.80 Å². The van der Waals surface area contributed by atoms with Gasteiger partial charge in [-0.25, -0.2) is 0 Å². The van der Waals surface area contributed by atoms with Crippen molar-refractivity contribution in [2.75, 3.05) is 29.4 Å². The van der Waals surface area contributed by atoms with Crippen molar-refractivity contribution in [3.8, 4) is 0 Å². The van der Waals surface area contributed by atoms with Crippen LogP contribution in [-0.2, 0) is 11.2 Å². The fourth-order valence-electron chi connectivity index (χ4n) is 4.12. The lowest BCUT2D eigenvalue weighted by molar-refractivity contribution is -0.122. The Morgan fingerprint density at radius 2 is 1.96 bits per heavy atom. The van der Waals surface area contributed by atoms with E-state index in [0.717, 1.165) is 62.5 Å². The van der Waals surface area contributed by atoms with Gasteiger partial charge in [-0.05, 0) is 63.3 Å². The molecular formula is C21H26N4O. The van der Waals surface area contributed by atoms with Crippen molar-refractivity contribution in [1.29, 1.82) is 0 Å².